The molecule has 1 unspecified atom stereocenters. The first-order chi connectivity index (χ1) is 10.3. The fourth-order valence-corrected chi connectivity index (χ4v) is 3.92. The summed E-state index contributed by atoms with van der Waals surface area (Å²) in [5.74, 6) is 2.20. The Morgan fingerprint density at radius 2 is 2.24 bits per heavy atom. The molecular formula is C15H16INO3S. The third-order valence-corrected chi connectivity index (χ3v) is 5.18. The molecule has 0 radical (unpaired) electrons. The molecule has 3 rings (SSSR count). The molecule has 0 bridgehead atoms. The monoisotopic (exact) mass is 417 g/mol. The lowest BCUT2D eigenvalue weighted by molar-refractivity contribution is 0.159. The number of rotatable bonds is 6. The molecule has 1 aromatic carbocycles. The van der Waals surface area contributed by atoms with Gasteiger partial charge in [0, 0.05) is 11.3 Å². The average molecular weight is 417 g/mol. The van der Waals surface area contributed by atoms with Gasteiger partial charge in [-0.2, -0.15) is 0 Å². The van der Waals surface area contributed by atoms with Crippen molar-refractivity contribution < 1.29 is 14.2 Å². The number of benzene rings is 1. The molecule has 1 aromatic heterocycles. The standard InChI is InChI=1S/C15H16INO3S/c1-17-8-7-10(13-5-6-14(16)21-13)20-12-4-2-3-11-15(12)19-9-18-11/h2-6,10,17H,7-9H2,1H3. The van der Waals surface area contributed by atoms with E-state index in [1.807, 2.05) is 25.2 Å². The number of hydrogen-bond donors (Lipinski definition) is 1. The summed E-state index contributed by atoms with van der Waals surface area (Å²) >= 11 is 4.10. The zero-order valence-corrected chi connectivity index (χ0v) is 14.6. The molecule has 1 aliphatic heterocycles. The first kappa shape index (κ1) is 14.9. The number of fused-ring (bicyclic) bond motifs is 1. The maximum absolute atomic E-state index is 6.22. The van der Waals surface area contributed by atoms with Gasteiger partial charge < -0.3 is 19.5 Å². The van der Waals surface area contributed by atoms with E-state index in [-0.39, 0.29) is 12.9 Å². The number of ether oxygens (including phenoxy) is 3. The van der Waals surface area contributed by atoms with Gasteiger partial charge in [0.05, 0.1) is 2.88 Å². The Balaban J connectivity index is 1.83. The summed E-state index contributed by atoms with van der Waals surface area (Å²) in [5, 5.41) is 3.18. The van der Waals surface area contributed by atoms with Crippen molar-refractivity contribution in [2.75, 3.05) is 20.4 Å². The first-order valence-electron chi connectivity index (χ1n) is 6.73. The average Bonchev–Trinajstić information content (AvgIpc) is 3.12. The van der Waals surface area contributed by atoms with Crippen LogP contribution in [0, 0.1) is 2.88 Å². The summed E-state index contributed by atoms with van der Waals surface area (Å²) < 4.78 is 18.4. The molecule has 0 amide bonds. The minimum atomic E-state index is 0.0154. The highest BCUT2D eigenvalue weighted by molar-refractivity contribution is 14.1. The van der Waals surface area contributed by atoms with Crippen molar-refractivity contribution in [2.24, 2.45) is 0 Å². The van der Waals surface area contributed by atoms with Gasteiger partial charge >= 0.3 is 0 Å². The molecule has 1 atom stereocenters. The quantitative estimate of drug-likeness (QED) is 0.726. The highest BCUT2D eigenvalue weighted by Gasteiger charge is 2.22. The molecule has 112 valence electrons. The Kier molecular flexibility index (Phi) is 4.87. The smallest absolute Gasteiger partial charge is 0.231 e. The highest BCUT2D eigenvalue weighted by atomic mass is 127. The fraction of sp³-hybridized carbons (Fsp3) is 0.333. The number of halogens is 1. The summed E-state index contributed by atoms with van der Waals surface area (Å²) in [6, 6.07) is 10.00. The number of para-hydroxylation sites is 1. The Bertz CT molecular complexity index is 617. The molecule has 2 heterocycles. The van der Waals surface area contributed by atoms with Gasteiger partial charge in [0.1, 0.15) is 6.10 Å². The predicted octanol–water partition coefficient (Wildman–Crippen LogP) is 3.81. The molecule has 0 aliphatic carbocycles. The van der Waals surface area contributed by atoms with E-state index in [9.17, 15) is 0 Å². The molecular weight excluding hydrogens is 401 g/mol. The Hall–Kier alpha value is -0.990. The van der Waals surface area contributed by atoms with E-state index >= 15 is 0 Å². The Morgan fingerprint density at radius 1 is 1.33 bits per heavy atom. The molecule has 2 aromatic rings. The van der Waals surface area contributed by atoms with Crippen LogP contribution in [0.1, 0.15) is 17.4 Å². The van der Waals surface area contributed by atoms with Crippen molar-refractivity contribution in [1.82, 2.24) is 5.32 Å². The van der Waals surface area contributed by atoms with E-state index in [2.05, 4.69) is 40.0 Å². The van der Waals surface area contributed by atoms with Gasteiger partial charge in [0.15, 0.2) is 11.5 Å². The Morgan fingerprint density at radius 3 is 3.00 bits per heavy atom. The van der Waals surface area contributed by atoms with Crippen molar-refractivity contribution in [2.45, 2.75) is 12.5 Å². The van der Waals surface area contributed by atoms with Crippen molar-refractivity contribution >= 4 is 33.9 Å². The second-order valence-electron chi connectivity index (χ2n) is 4.63. The topological polar surface area (TPSA) is 39.7 Å². The minimum absolute atomic E-state index is 0.0154. The van der Waals surface area contributed by atoms with Crippen LogP contribution < -0.4 is 19.5 Å². The number of hydrogen-bond acceptors (Lipinski definition) is 5. The first-order valence-corrected chi connectivity index (χ1v) is 8.62. The fourth-order valence-electron chi connectivity index (χ4n) is 2.19. The predicted molar refractivity (Wildman–Crippen MR) is 91.5 cm³/mol. The molecule has 21 heavy (non-hydrogen) atoms. The summed E-state index contributed by atoms with van der Waals surface area (Å²) in [6.45, 7) is 1.15. The normalized spacial score (nSPS) is 14.2. The summed E-state index contributed by atoms with van der Waals surface area (Å²) in [7, 11) is 1.95. The third-order valence-electron chi connectivity index (χ3n) is 3.20. The van der Waals surface area contributed by atoms with Gasteiger partial charge in [0.25, 0.3) is 0 Å². The Labute approximate surface area is 141 Å². The maximum Gasteiger partial charge on any atom is 0.231 e. The molecule has 4 nitrogen and oxygen atoms in total. The van der Waals surface area contributed by atoms with Gasteiger partial charge in [-0.25, -0.2) is 0 Å². The van der Waals surface area contributed by atoms with E-state index in [4.69, 9.17) is 14.2 Å². The van der Waals surface area contributed by atoms with E-state index in [1.165, 1.54) is 7.76 Å². The van der Waals surface area contributed by atoms with E-state index < -0.39 is 0 Å². The van der Waals surface area contributed by atoms with Crippen LogP contribution in [0.2, 0.25) is 0 Å². The van der Waals surface area contributed by atoms with Crippen LogP contribution in [0.5, 0.6) is 17.2 Å². The molecule has 1 aliphatic rings. The maximum atomic E-state index is 6.22. The van der Waals surface area contributed by atoms with Crippen molar-refractivity contribution in [3.05, 3.63) is 38.1 Å². The summed E-state index contributed by atoms with van der Waals surface area (Å²) in [6.07, 6.45) is 0.916. The number of nitrogens with one attached hydrogen (secondary N) is 1. The van der Waals surface area contributed by atoms with Crippen molar-refractivity contribution in [3.63, 3.8) is 0 Å². The molecule has 1 N–H and O–H groups in total. The van der Waals surface area contributed by atoms with Crippen LogP contribution in [-0.4, -0.2) is 20.4 Å². The van der Waals surface area contributed by atoms with Crippen molar-refractivity contribution in [1.29, 1.82) is 0 Å². The van der Waals surface area contributed by atoms with Gasteiger partial charge in [0.2, 0.25) is 12.5 Å². The van der Waals surface area contributed by atoms with E-state index in [1.54, 1.807) is 11.3 Å². The molecule has 0 fully saturated rings. The van der Waals surface area contributed by atoms with Crippen LogP contribution in [0.3, 0.4) is 0 Å². The van der Waals surface area contributed by atoms with Crippen LogP contribution in [0.25, 0.3) is 0 Å². The molecule has 6 heteroatoms. The zero-order valence-electron chi connectivity index (χ0n) is 11.6. The SMILES string of the molecule is CNCCC(Oc1cccc2c1OCO2)c1ccc(I)s1. The van der Waals surface area contributed by atoms with Gasteiger partial charge in [-0.3, -0.25) is 0 Å². The second kappa shape index (κ2) is 6.85. The van der Waals surface area contributed by atoms with Crippen LogP contribution in [0.15, 0.2) is 30.3 Å². The lowest BCUT2D eigenvalue weighted by atomic mass is 10.2. The summed E-state index contributed by atoms with van der Waals surface area (Å²) in [4.78, 5) is 1.23. The zero-order chi connectivity index (χ0) is 14.7. The highest BCUT2D eigenvalue weighted by Crippen LogP contribution is 2.43. The van der Waals surface area contributed by atoms with Crippen molar-refractivity contribution in [3.8, 4) is 17.2 Å². The van der Waals surface area contributed by atoms with Gasteiger partial charge in [-0.15, -0.1) is 11.3 Å². The van der Waals surface area contributed by atoms with Crippen LogP contribution in [0.4, 0.5) is 0 Å². The van der Waals surface area contributed by atoms with E-state index in [0.29, 0.717) is 5.75 Å². The van der Waals surface area contributed by atoms with Gasteiger partial charge in [-0.05, 0) is 60.4 Å². The minimum Gasteiger partial charge on any atom is -0.481 e. The van der Waals surface area contributed by atoms with Gasteiger partial charge in [-0.1, -0.05) is 6.07 Å². The van der Waals surface area contributed by atoms with Crippen LogP contribution >= 0.6 is 33.9 Å². The lowest BCUT2D eigenvalue weighted by Gasteiger charge is -2.19. The summed E-state index contributed by atoms with van der Waals surface area (Å²) in [5.41, 5.74) is 0. The molecule has 0 saturated heterocycles. The molecule has 0 spiro atoms. The molecule has 0 saturated carbocycles. The largest absolute Gasteiger partial charge is 0.481 e. The lowest BCUT2D eigenvalue weighted by Crippen LogP contribution is -2.15. The van der Waals surface area contributed by atoms with E-state index in [0.717, 1.165) is 24.5 Å². The van der Waals surface area contributed by atoms with Crippen LogP contribution in [-0.2, 0) is 0 Å². The number of thiophene rings is 1. The second-order valence-corrected chi connectivity index (χ2v) is 7.64. The third kappa shape index (κ3) is 3.44.